The number of para-hydroxylation sites is 1. The highest BCUT2D eigenvalue weighted by Crippen LogP contribution is 2.33. The molecule has 0 spiro atoms. The van der Waals surface area contributed by atoms with Gasteiger partial charge in [-0.05, 0) is 61.0 Å². The van der Waals surface area contributed by atoms with Crippen molar-refractivity contribution in [3.63, 3.8) is 0 Å². The van der Waals surface area contributed by atoms with E-state index in [4.69, 9.17) is 9.15 Å². The van der Waals surface area contributed by atoms with Crippen molar-refractivity contribution in [3.8, 4) is 28.2 Å². The number of sulfone groups is 1. The standard InChI is InChI=1S/C24H20O5S/c1-3-28-18-12-8-16(9-13-18)22-23(25)20-6-4-5-7-21(20)29-24(22)17-10-14-19(15-11-17)30(2,26)27/h4-15H,3H2,1-2H3. The molecule has 0 radical (unpaired) electrons. The second-order valence-corrected chi connectivity index (χ2v) is 8.90. The Morgan fingerprint density at radius 1 is 0.867 bits per heavy atom. The average Bonchev–Trinajstić information content (AvgIpc) is 2.74. The molecule has 0 amide bonds. The molecule has 4 rings (SSSR count). The van der Waals surface area contributed by atoms with E-state index in [1.165, 1.54) is 12.1 Å². The van der Waals surface area contributed by atoms with Gasteiger partial charge in [0.05, 0.1) is 22.5 Å². The Labute approximate surface area is 174 Å². The van der Waals surface area contributed by atoms with Gasteiger partial charge in [-0.2, -0.15) is 0 Å². The van der Waals surface area contributed by atoms with Gasteiger partial charge in [-0.25, -0.2) is 8.42 Å². The van der Waals surface area contributed by atoms with Gasteiger partial charge >= 0.3 is 0 Å². The summed E-state index contributed by atoms with van der Waals surface area (Å²) in [5.41, 5.74) is 2.06. The molecule has 4 aromatic rings. The van der Waals surface area contributed by atoms with Gasteiger partial charge in [0.1, 0.15) is 17.1 Å². The minimum Gasteiger partial charge on any atom is -0.494 e. The van der Waals surface area contributed by atoms with Crippen LogP contribution in [0.3, 0.4) is 0 Å². The van der Waals surface area contributed by atoms with Crippen LogP contribution in [0.15, 0.2) is 86.9 Å². The molecule has 0 saturated carbocycles. The van der Waals surface area contributed by atoms with Crippen LogP contribution < -0.4 is 10.2 Å². The Bertz CT molecular complexity index is 1370. The Morgan fingerprint density at radius 2 is 1.50 bits per heavy atom. The SMILES string of the molecule is CCOc1ccc(-c2c(-c3ccc(S(C)(=O)=O)cc3)oc3ccccc3c2=O)cc1. The molecule has 152 valence electrons. The van der Waals surface area contributed by atoms with Gasteiger partial charge in [0.15, 0.2) is 9.84 Å². The normalized spacial score (nSPS) is 11.5. The van der Waals surface area contributed by atoms with Gasteiger partial charge in [0, 0.05) is 11.8 Å². The molecule has 0 unspecified atom stereocenters. The molecular weight excluding hydrogens is 400 g/mol. The fourth-order valence-corrected chi connectivity index (χ4v) is 3.98. The monoisotopic (exact) mass is 420 g/mol. The minimum absolute atomic E-state index is 0.150. The van der Waals surface area contributed by atoms with Gasteiger partial charge in [-0.15, -0.1) is 0 Å². The highest BCUT2D eigenvalue weighted by Gasteiger charge is 2.18. The number of fused-ring (bicyclic) bond motifs is 1. The van der Waals surface area contributed by atoms with Crippen molar-refractivity contribution < 1.29 is 17.6 Å². The van der Waals surface area contributed by atoms with Gasteiger partial charge in [0.25, 0.3) is 0 Å². The molecule has 0 fully saturated rings. The van der Waals surface area contributed by atoms with Crippen LogP contribution in [0.1, 0.15) is 6.92 Å². The Kier molecular flexibility index (Phi) is 5.18. The molecule has 0 aliphatic carbocycles. The summed E-state index contributed by atoms with van der Waals surface area (Å²) in [6, 6.07) is 20.7. The molecule has 6 heteroatoms. The second kappa shape index (κ2) is 7.80. The van der Waals surface area contributed by atoms with E-state index < -0.39 is 9.84 Å². The van der Waals surface area contributed by atoms with E-state index >= 15 is 0 Å². The third-order valence-corrected chi connectivity index (χ3v) is 5.92. The summed E-state index contributed by atoms with van der Waals surface area (Å²) < 4.78 is 35.2. The zero-order valence-electron chi connectivity index (χ0n) is 16.6. The fraction of sp³-hybridized carbons (Fsp3) is 0.125. The predicted molar refractivity (Wildman–Crippen MR) is 118 cm³/mol. The van der Waals surface area contributed by atoms with Crippen molar-refractivity contribution in [1.29, 1.82) is 0 Å². The molecule has 0 aliphatic heterocycles. The molecule has 3 aromatic carbocycles. The van der Waals surface area contributed by atoms with Gasteiger partial charge in [-0.1, -0.05) is 24.3 Å². The summed E-state index contributed by atoms with van der Waals surface area (Å²) in [5, 5.41) is 0.484. The fourth-order valence-electron chi connectivity index (χ4n) is 3.35. The van der Waals surface area contributed by atoms with Crippen LogP contribution >= 0.6 is 0 Å². The molecular formula is C24H20O5S. The summed E-state index contributed by atoms with van der Waals surface area (Å²) in [7, 11) is -3.32. The van der Waals surface area contributed by atoms with E-state index in [2.05, 4.69) is 0 Å². The maximum absolute atomic E-state index is 13.4. The minimum atomic E-state index is -3.32. The van der Waals surface area contributed by atoms with Crippen molar-refractivity contribution in [2.75, 3.05) is 12.9 Å². The Balaban J connectivity index is 1.96. The zero-order chi connectivity index (χ0) is 21.3. The van der Waals surface area contributed by atoms with E-state index in [0.29, 0.717) is 45.8 Å². The Morgan fingerprint density at radius 3 is 2.13 bits per heavy atom. The lowest BCUT2D eigenvalue weighted by Crippen LogP contribution is -2.07. The van der Waals surface area contributed by atoms with E-state index in [9.17, 15) is 13.2 Å². The van der Waals surface area contributed by atoms with Crippen LogP contribution in [-0.2, 0) is 9.84 Å². The number of ether oxygens (including phenoxy) is 1. The number of hydrogen-bond donors (Lipinski definition) is 0. The number of rotatable bonds is 5. The first-order valence-corrected chi connectivity index (χ1v) is 11.4. The zero-order valence-corrected chi connectivity index (χ0v) is 17.4. The summed E-state index contributed by atoms with van der Waals surface area (Å²) in [5.74, 6) is 1.10. The molecule has 0 N–H and O–H groups in total. The molecule has 5 nitrogen and oxygen atoms in total. The predicted octanol–water partition coefficient (Wildman–Crippen LogP) is 4.93. The lowest BCUT2D eigenvalue weighted by molar-refractivity contribution is 0.340. The summed E-state index contributed by atoms with van der Waals surface area (Å²) in [6.45, 7) is 2.46. The maximum Gasteiger partial charge on any atom is 0.201 e. The smallest absolute Gasteiger partial charge is 0.201 e. The highest BCUT2D eigenvalue weighted by atomic mass is 32.2. The second-order valence-electron chi connectivity index (χ2n) is 6.89. The van der Waals surface area contributed by atoms with Crippen LogP contribution in [0, 0.1) is 0 Å². The van der Waals surface area contributed by atoms with Crippen molar-refractivity contribution in [1.82, 2.24) is 0 Å². The first kappa shape index (κ1) is 19.9. The molecule has 30 heavy (non-hydrogen) atoms. The van der Waals surface area contributed by atoms with E-state index in [0.717, 1.165) is 6.26 Å². The summed E-state index contributed by atoms with van der Waals surface area (Å²) >= 11 is 0. The molecule has 1 aromatic heterocycles. The lowest BCUT2D eigenvalue weighted by Gasteiger charge is -2.12. The van der Waals surface area contributed by atoms with Gasteiger partial charge in [-0.3, -0.25) is 4.79 Å². The van der Waals surface area contributed by atoms with Crippen molar-refractivity contribution in [2.24, 2.45) is 0 Å². The number of benzene rings is 3. The van der Waals surface area contributed by atoms with E-state index in [1.807, 2.05) is 31.2 Å². The summed E-state index contributed by atoms with van der Waals surface area (Å²) in [6.07, 6.45) is 1.16. The Hall–Kier alpha value is -3.38. The first-order valence-electron chi connectivity index (χ1n) is 9.48. The van der Waals surface area contributed by atoms with Crippen LogP contribution in [0.5, 0.6) is 5.75 Å². The number of hydrogen-bond acceptors (Lipinski definition) is 5. The molecule has 0 bridgehead atoms. The molecule has 1 heterocycles. The van der Waals surface area contributed by atoms with Crippen molar-refractivity contribution in [2.45, 2.75) is 11.8 Å². The van der Waals surface area contributed by atoms with Crippen LogP contribution in [0.2, 0.25) is 0 Å². The van der Waals surface area contributed by atoms with Crippen LogP contribution in [-0.4, -0.2) is 21.3 Å². The summed E-state index contributed by atoms with van der Waals surface area (Å²) in [4.78, 5) is 13.6. The van der Waals surface area contributed by atoms with E-state index in [-0.39, 0.29) is 10.3 Å². The average molecular weight is 420 g/mol. The maximum atomic E-state index is 13.4. The van der Waals surface area contributed by atoms with Gasteiger partial charge in [0.2, 0.25) is 5.43 Å². The third kappa shape index (κ3) is 3.74. The first-order chi connectivity index (χ1) is 14.4. The van der Waals surface area contributed by atoms with Crippen molar-refractivity contribution >= 4 is 20.8 Å². The van der Waals surface area contributed by atoms with Crippen molar-refractivity contribution in [3.05, 3.63) is 83.0 Å². The largest absolute Gasteiger partial charge is 0.494 e. The molecule has 0 aliphatic rings. The topological polar surface area (TPSA) is 73.6 Å². The van der Waals surface area contributed by atoms with Crippen LogP contribution in [0.25, 0.3) is 33.4 Å². The van der Waals surface area contributed by atoms with Crippen LogP contribution in [0.4, 0.5) is 0 Å². The highest BCUT2D eigenvalue weighted by molar-refractivity contribution is 7.90. The van der Waals surface area contributed by atoms with Gasteiger partial charge < -0.3 is 9.15 Å². The van der Waals surface area contributed by atoms with E-state index in [1.54, 1.807) is 36.4 Å². The molecule has 0 saturated heterocycles. The quantitative estimate of drug-likeness (QED) is 0.458. The molecule has 0 atom stereocenters. The third-order valence-electron chi connectivity index (χ3n) is 4.80. The lowest BCUT2D eigenvalue weighted by atomic mass is 9.98.